The molecular weight excluding hydrogens is 328 g/mol. The van der Waals surface area contributed by atoms with E-state index >= 15 is 0 Å². The lowest BCUT2D eigenvalue weighted by Gasteiger charge is -2.11. The zero-order chi connectivity index (χ0) is 16.7. The Labute approximate surface area is 131 Å². The first kappa shape index (κ1) is 15.5. The monoisotopic (exact) mass is 341 g/mol. The van der Waals surface area contributed by atoms with Crippen molar-refractivity contribution in [1.82, 2.24) is 0 Å². The molecule has 0 fully saturated rings. The first-order valence-electron chi connectivity index (χ1n) is 6.81. The van der Waals surface area contributed by atoms with Gasteiger partial charge in [-0.25, -0.2) is 8.42 Å². The Balaban J connectivity index is 1.92. The maximum Gasteiger partial charge on any atom is 0.586 e. The van der Waals surface area contributed by atoms with Crippen molar-refractivity contribution in [2.45, 2.75) is 24.5 Å². The third kappa shape index (κ3) is 3.07. The lowest BCUT2D eigenvalue weighted by Crippen LogP contribution is -2.26. The van der Waals surface area contributed by atoms with Crippen LogP contribution in [0.15, 0.2) is 47.4 Å². The van der Waals surface area contributed by atoms with Crippen LogP contribution in [0.3, 0.4) is 0 Å². The van der Waals surface area contributed by atoms with Crippen LogP contribution < -0.4 is 14.2 Å². The van der Waals surface area contributed by atoms with Crippen LogP contribution in [0.1, 0.15) is 12.5 Å². The quantitative estimate of drug-likeness (QED) is 0.926. The van der Waals surface area contributed by atoms with Crippen molar-refractivity contribution in [2.24, 2.45) is 0 Å². The van der Waals surface area contributed by atoms with Crippen LogP contribution in [-0.4, -0.2) is 14.7 Å². The molecule has 1 heterocycles. The van der Waals surface area contributed by atoms with E-state index < -0.39 is 16.3 Å². The number of ether oxygens (including phenoxy) is 2. The molecule has 0 spiro atoms. The highest BCUT2D eigenvalue weighted by Gasteiger charge is 2.44. The van der Waals surface area contributed by atoms with E-state index in [9.17, 15) is 17.2 Å². The Kier molecular flexibility index (Phi) is 3.63. The van der Waals surface area contributed by atoms with Crippen LogP contribution in [0, 0.1) is 0 Å². The summed E-state index contributed by atoms with van der Waals surface area (Å²) in [5, 5.41) is 0. The number of fused-ring (bicyclic) bond motifs is 1. The van der Waals surface area contributed by atoms with Gasteiger partial charge >= 0.3 is 6.29 Å². The molecule has 23 heavy (non-hydrogen) atoms. The van der Waals surface area contributed by atoms with E-state index in [1.807, 2.05) is 6.92 Å². The van der Waals surface area contributed by atoms with Crippen molar-refractivity contribution in [3.63, 3.8) is 0 Å². The molecule has 0 atom stereocenters. The van der Waals surface area contributed by atoms with Gasteiger partial charge in [0.1, 0.15) is 0 Å². The molecule has 0 aromatic heterocycles. The summed E-state index contributed by atoms with van der Waals surface area (Å²) in [5.41, 5.74) is 0.875. The molecule has 3 rings (SSSR count). The van der Waals surface area contributed by atoms with Crippen molar-refractivity contribution in [2.75, 3.05) is 4.72 Å². The van der Waals surface area contributed by atoms with Crippen LogP contribution in [0.4, 0.5) is 14.5 Å². The highest BCUT2D eigenvalue weighted by atomic mass is 32.2. The molecule has 8 heteroatoms. The minimum absolute atomic E-state index is 0.0259. The molecule has 0 amide bonds. The molecule has 122 valence electrons. The number of hydrogen-bond donors (Lipinski definition) is 1. The van der Waals surface area contributed by atoms with Gasteiger partial charge in [-0.05, 0) is 36.2 Å². The van der Waals surface area contributed by atoms with E-state index in [4.69, 9.17) is 0 Å². The minimum Gasteiger partial charge on any atom is -0.395 e. The van der Waals surface area contributed by atoms with E-state index in [1.54, 1.807) is 12.1 Å². The lowest BCUT2D eigenvalue weighted by atomic mass is 10.2. The number of nitrogens with one attached hydrogen (secondary N) is 1. The van der Waals surface area contributed by atoms with Gasteiger partial charge in [-0.2, -0.15) is 0 Å². The summed E-state index contributed by atoms with van der Waals surface area (Å²) in [6.45, 7) is 1.95. The molecule has 0 unspecified atom stereocenters. The van der Waals surface area contributed by atoms with Crippen molar-refractivity contribution >= 4 is 15.7 Å². The fourth-order valence-corrected chi connectivity index (χ4v) is 3.22. The predicted molar refractivity (Wildman–Crippen MR) is 79.3 cm³/mol. The van der Waals surface area contributed by atoms with Crippen LogP contribution in [0.25, 0.3) is 0 Å². The zero-order valence-corrected chi connectivity index (χ0v) is 12.9. The smallest absolute Gasteiger partial charge is 0.395 e. The van der Waals surface area contributed by atoms with E-state index in [0.717, 1.165) is 12.0 Å². The first-order chi connectivity index (χ1) is 10.8. The van der Waals surface area contributed by atoms with Crippen molar-refractivity contribution in [3.8, 4) is 11.5 Å². The van der Waals surface area contributed by atoms with Crippen molar-refractivity contribution in [3.05, 3.63) is 48.0 Å². The number of hydrogen-bond acceptors (Lipinski definition) is 4. The summed E-state index contributed by atoms with van der Waals surface area (Å²) < 4.78 is 61.9. The van der Waals surface area contributed by atoms with Gasteiger partial charge in [0.05, 0.1) is 10.6 Å². The zero-order valence-electron chi connectivity index (χ0n) is 12.0. The van der Waals surface area contributed by atoms with Crippen LogP contribution in [0.5, 0.6) is 11.5 Å². The van der Waals surface area contributed by atoms with Gasteiger partial charge in [-0.3, -0.25) is 4.72 Å². The fourth-order valence-electron chi connectivity index (χ4n) is 2.16. The molecule has 0 bridgehead atoms. The molecule has 0 saturated carbocycles. The van der Waals surface area contributed by atoms with E-state index in [0.29, 0.717) is 0 Å². The number of benzene rings is 2. The normalized spacial score (nSPS) is 15.4. The number of halogens is 2. The number of sulfonamides is 1. The molecule has 0 radical (unpaired) electrons. The van der Waals surface area contributed by atoms with Gasteiger partial charge in [-0.1, -0.05) is 25.1 Å². The van der Waals surface area contributed by atoms with Gasteiger partial charge < -0.3 is 9.47 Å². The lowest BCUT2D eigenvalue weighted by molar-refractivity contribution is -0.286. The second-order valence-electron chi connectivity index (χ2n) is 4.90. The van der Waals surface area contributed by atoms with E-state index in [-0.39, 0.29) is 22.1 Å². The average Bonchev–Trinajstić information content (AvgIpc) is 2.82. The fraction of sp³-hybridized carbons (Fsp3) is 0.200. The second kappa shape index (κ2) is 5.38. The summed E-state index contributed by atoms with van der Waals surface area (Å²) in [7, 11) is -3.93. The molecule has 1 aliphatic heterocycles. The Morgan fingerprint density at radius 3 is 2.43 bits per heavy atom. The predicted octanol–water partition coefficient (Wildman–Crippen LogP) is 3.37. The molecule has 5 nitrogen and oxygen atoms in total. The van der Waals surface area contributed by atoms with Gasteiger partial charge in [0, 0.05) is 0 Å². The number of alkyl halides is 2. The Bertz CT molecular complexity index is 835. The third-order valence-corrected chi connectivity index (χ3v) is 4.70. The highest BCUT2D eigenvalue weighted by Crippen LogP contribution is 2.46. The number of aryl methyl sites for hydroxylation is 1. The maximum absolute atomic E-state index is 13.1. The molecule has 0 saturated heterocycles. The highest BCUT2D eigenvalue weighted by molar-refractivity contribution is 7.92. The van der Waals surface area contributed by atoms with Gasteiger partial charge in [0.25, 0.3) is 10.0 Å². The number of rotatable bonds is 4. The molecule has 2 aromatic carbocycles. The van der Waals surface area contributed by atoms with Crippen molar-refractivity contribution in [1.29, 1.82) is 0 Å². The largest absolute Gasteiger partial charge is 0.586 e. The summed E-state index contributed by atoms with van der Waals surface area (Å²) in [4.78, 5) is 0.0259. The topological polar surface area (TPSA) is 64.6 Å². The third-order valence-electron chi connectivity index (χ3n) is 3.31. The first-order valence-corrected chi connectivity index (χ1v) is 8.30. The summed E-state index contributed by atoms with van der Waals surface area (Å²) in [6, 6.07) is 10.3. The van der Waals surface area contributed by atoms with Gasteiger partial charge in [0.15, 0.2) is 11.5 Å². The maximum atomic E-state index is 13.1. The Hall–Kier alpha value is -2.35. The Morgan fingerprint density at radius 2 is 1.78 bits per heavy atom. The number of para-hydroxylation sites is 1. The summed E-state index contributed by atoms with van der Waals surface area (Å²) in [6.07, 6.45) is -3.03. The van der Waals surface area contributed by atoms with Crippen molar-refractivity contribution < 1.29 is 26.7 Å². The van der Waals surface area contributed by atoms with Gasteiger partial charge in [0.2, 0.25) is 0 Å². The van der Waals surface area contributed by atoms with Crippen LogP contribution >= 0.6 is 0 Å². The standard InChI is InChI=1S/C15H13F2NO4S/c1-2-10-6-8-11(9-7-10)23(19,20)18-12-4-3-5-13-14(12)22-15(16,17)21-13/h3-9,18H,2H2,1H3. The van der Waals surface area contributed by atoms with Crippen LogP contribution in [0.2, 0.25) is 0 Å². The summed E-state index contributed by atoms with van der Waals surface area (Å²) in [5.74, 6) is -0.567. The van der Waals surface area contributed by atoms with E-state index in [2.05, 4.69) is 14.2 Å². The minimum atomic E-state index is -3.93. The average molecular weight is 341 g/mol. The second-order valence-corrected chi connectivity index (χ2v) is 6.59. The molecule has 0 aliphatic carbocycles. The molecule has 1 N–H and O–H groups in total. The molecular formula is C15H13F2NO4S. The Morgan fingerprint density at radius 1 is 1.09 bits per heavy atom. The number of anilines is 1. The van der Waals surface area contributed by atoms with E-state index in [1.165, 1.54) is 30.3 Å². The molecule has 2 aromatic rings. The summed E-state index contributed by atoms with van der Waals surface area (Å²) >= 11 is 0. The SMILES string of the molecule is CCc1ccc(S(=O)(=O)Nc2cccc3c2OC(F)(F)O3)cc1. The molecule has 1 aliphatic rings. The van der Waals surface area contributed by atoms with Crippen LogP contribution in [-0.2, 0) is 16.4 Å². The van der Waals surface area contributed by atoms with Gasteiger partial charge in [-0.15, -0.1) is 8.78 Å².